The number of nitrogens with one attached hydrogen (secondary N) is 1. The van der Waals surface area contributed by atoms with E-state index >= 15 is 0 Å². The molecule has 3 rings (SSSR count). The average molecular weight is 391 g/mol. The van der Waals surface area contributed by atoms with Gasteiger partial charge in [0.15, 0.2) is 0 Å². The highest BCUT2D eigenvalue weighted by Crippen LogP contribution is 2.37. The zero-order valence-corrected chi connectivity index (χ0v) is 16.0. The Morgan fingerprint density at radius 3 is 2.07 bits per heavy atom. The van der Waals surface area contributed by atoms with E-state index in [2.05, 4.69) is 10.2 Å². The van der Waals surface area contributed by atoms with Crippen LogP contribution in [0.2, 0.25) is 0 Å². The number of hydrogen-bond acceptors (Lipinski definition) is 5. The molecular formula is C20H29N3O5. The second-order valence-electron chi connectivity index (χ2n) is 7.40. The van der Waals surface area contributed by atoms with Crippen molar-refractivity contribution in [2.45, 2.75) is 32.1 Å². The van der Waals surface area contributed by atoms with E-state index in [-0.39, 0.29) is 5.91 Å². The van der Waals surface area contributed by atoms with Gasteiger partial charge in [0, 0.05) is 30.9 Å². The van der Waals surface area contributed by atoms with Gasteiger partial charge in [0.1, 0.15) is 0 Å². The molecule has 2 aliphatic rings. The normalized spacial score (nSPS) is 20.7. The molecular weight excluding hydrogens is 362 g/mol. The summed E-state index contributed by atoms with van der Waals surface area (Å²) >= 11 is 0. The van der Waals surface area contributed by atoms with Gasteiger partial charge in [0.25, 0.3) is 0 Å². The molecule has 2 atom stereocenters. The van der Waals surface area contributed by atoms with Crippen LogP contribution in [0.1, 0.15) is 42.5 Å². The molecule has 1 amide bonds. The van der Waals surface area contributed by atoms with Crippen LogP contribution in [0.15, 0.2) is 24.3 Å². The molecule has 1 aromatic carbocycles. The van der Waals surface area contributed by atoms with Gasteiger partial charge in [-0.1, -0.05) is 6.42 Å². The summed E-state index contributed by atoms with van der Waals surface area (Å²) in [5.41, 5.74) is 6.85. The largest absolute Gasteiger partial charge is 0.473 e. The molecule has 0 spiro atoms. The van der Waals surface area contributed by atoms with Crippen molar-refractivity contribution in [3.05, 3.63) is 29.8 Å². The second kappa shape index (κ2) is 10.7. The summed E-state index contributed by atoms with van der Waals surface area (Å²) in [6.07, 6.45) is 6.82. The summed E-state index contributed by atoms with van der Waals surface area (Å²) in [5.74, 6) is -2.02. The van der Waals surface area contributed by atoms with Gasteiger partial charge in [-0.15, -0.1) is 0 Å². The van der Waals surface area contributed by atoms with Gasteiger partial charge >= 0.3 is 11.9 Å². The Balaban J connectivity index is 0.000000409. The number of nitrogens with zero attached hydrogens (tertiary/aromatic N) is 1. The molecule has 1 aromatic rings. The van der Waals surface area contributed by atoms with Gasteiger partial charge < -0.3 is 26.2 Å². The maximum Gasteiger partial charge on any atom is 0.414 e. The smallest absolute Gasteiger partial charge is 0.414 e. The van der Waals surface area contributed by atoms with Gasteiger partial charge in [-0.05, 0) is 68.3 Å². The minimum atomic E-state index is -1.82. The number of nitrogens with two attached hydrogens (primary N) is 1. The number of fused-ring (bicyclic) bond motifs is 1. The Kier molecular flexibility index (Phi) is 8.25. The first-order valence-electron chi connectivity index (χ1n) is 9.69. The van der Waals surface area contributed by atoms with Gasteiger partial charge in [-0.2, -0.15) is 0 Å². The van der Waals surface area contributed by atoms with Crippen molar-refractivity contribution in [2.24, 2.45) is 17.6 Å². The van der Waals surface area contributed by atoms with Crippen molar-refractivity contribution in [3.63, 3.8) is 0 Å². The van der Waals surface area contributed by atoms with E-state index < -0.39 is 11.9 Å². The Labute approximate surface area is 164 Å². The SMILES string of the molecule is NC(=O)c1ccc(NCCCCN2CC3CCCC3C2)cc1.O=C(O)C(=O)O. The Morgan fingerprint density at radius 2 is 1.57 bits per heavy atom. The number of likely N-dealkylation sites (tertiary alicyclic amines) is 1. The molecule has 154 valence electrons. The summed E-state index contributed by atoms with van der Waals surface area (Å²) in [5, 5.41) is 18.2. The lowest BCUT2D eigenvalue weighted by atomic mass is 10.0. The Bertz CT molecular complexity index is 653. The van der Waals surface area contributed by atoms with Gasteiger partial charge in [0.2, 0.25) is 5.91 Å². The monoisotopic (exact) mass is 391 g/mol. The fourth-order valence-electron chi connectivity index (χ4n) is 3.96. The molecule has 28 heavy (non-hydrogen) atoms. The number of anilines is 1. The number of carboxylic acids is 2. The fraction of sp³-hybridized carbons (Fsp3) is 0.550. The van der Waals surface area contributed by atoms with E-state index in [1.54, 1.807) is 12.1 Å². The topological polar surface area (TPSA) is 133 Å². The van der Waals surface area contributed by atoms with E-state index in [1.807, 2.05) is 12.1 Å². The van der Waals surface area contributed by atoms with Gasteiger partial charge in [-0.3, -0.25) is 4.79 Å². The highest BCUT2D eigenvalue weighted by atomic mass is 16.4. The van der Waals surface area contributed by atoms with Crippen LogP contribution < -0.4 is 11.1 Å². The molecule has 1 saturated heterocycles. The third-order valence-corrected chi connectivity index (χ3v) is 5.38. The van der Waals surface area contributed by atoms with Crippen LogP contribution in [0, 0.1) is 11.8 Å². The van der Waals surface area contributed by atoms with Crippen LogP contribution in [-0.2, 0) is 9.59 Å². The average Bonchev–Trinajstić information content (AvgIpc) is 3.24. The number of hydrogen-bond donors (Lipinski definition) is 4. The van der Waals surface area contributed by atoms with Crippen LogP contribution in [0.3, 0.4) is 0 Å². The molecule has 8 heteroatoms. The number of carbonyl (C=O) groups excluding carboxylic acids is 1. The standard InChI is InChI=1S/C18H27N3O.C2H2O4/c19-18(22)14-6-8-17(9-7-14)20-10-1-2-11-21-12-15-4-3-5-16(15)13-21;3-1(4)2(5)6/h6-9,15-16,20H,1-5,10-13H2,(H2,19,22);(H,3,4)(H,5,6). The highest BCUT2D eigenvalue weighted by molar-refractivity contribution is 6.27. The van der Waals surface area contributed by atoms with Gasteiger partial charge in [-0.25, -0.2) is 9.59 Å². The number of carbonyl (C=O) groups is 3. The second-order valence-corrected chi connectivity index (χ2v) is 7.40. The minimum Gasteiger partial charge on any atom is -0.473 e. The summed E-state index contributed by atoms with van der Waals surface area (Å²) < 4.78 is 0. The van der Waals surface area contributed by atoms with Crippen LogP contribution in [-0.4, -0.2) is 59.1 Å². The molecule has 5 N–H and O–H groups in total. The molecule has 0 bridgehead atoms. The number of primary amides is 1. The summed E-state index contributed by atoms with van der Waals surface area (Å²) in [6, 6.07) is 7.38. The van der Waals surface area contributed by atoms with Crippen molar-refractivity contribution in [3.8, 4) is 0 Å². The lowest BCUT2D eigenvalue weighted by molar-refractivity contribution is -0.159. The first-order chi connectivity index (χ1) is 13.4. The van der Waals surface area contributed by atoms with Crippen LogP contribution in [0.4, 0.5) is 5.69 Å². The van der Waals surface area contributed by atoms with Crippen LogP contribution in [0.25, 0.3) is 0 Å². The number of unbranched alkanes of at least 4 members (excludes halogenated alkanes) is 1. The van der Waals surface area contributed by atoms with E-state index in [1.165, 1.54) is 51.7 Å². The molecule has 1 saturated carbocycles. The van der Waals surface area contributed by atoms with Crippen molar-refractivity contribution in [1.82, 2.24) is 4.90 Å². The van der Waals surface area contributed by atoms with E-state index in [0.29, 0.717) is 5.56 Å². The van der Waals surface area contributed by atoms with Crippen molar-refractivity contribution >= 4 is 23.5 Å². The first kappa shape index (κ1) is 21.7. The molecule has 1 aliphatic heterocycles. The lowest BCUT2D eigenvalue weighted by Gasteiger charge is -2.16. The van der Waals surface area contributed by atoms with Crippen LogP contribution in [0.5, 0.6) is 0 Å². The number of amides is 1. The zero-order valence-electron chi connectivity index (χ0n) is 16.0. The van der Waals surface area contributed by atoms with Crippen LogP contribution >= 0.6 is 0 Å². The fourth-order valence-corrected chi connectivity index (χ4v) is 3.96. The predicted molar refractivity (Wildman–Crippen MR) is 105 cm³/mol. The van der Waals surface area contributed by atoms with E-state index in [9.17, 15) is 4.79 Å². The Morgan fingerprint density at radius 1 is 1.00 bits per heavy atom. The Hall–Kier alpha value is -2.61. The predicted octanol–water partition coefficient (Wildman–Crippen LogP) is 1.87. The molecule has 8 nitrogen and oxygen atoms in total. The number of carboxylic acid groups (broad SMARTS) is 2. The van der Waals surface area contributed by atoms with Crippen molar-refractivity contribution < 1.29 is 24.6 Å². The number of rotatable bonds is 7. The molecule has 1 aliphatic carbocycles. The minimum absolute atomic E-state index is 0.373. The molecule has 1 heterocycles. The summed E-state index contributed by atoms with van der Waals surface area (Å²) in [4.78, 5) is 31.9. The third kappa shape index (κ3) is 6.84. The number of aliphatic carboxylic acids is 2. The molecule has 0 radical (unpaired) electrons. The van der Waals surface area contributed by atoms with E-state index in [4.69, 9.17) is 25.5 Å². The van der Waals surface area contributed by atoms with Crippen molar-refractivity contribution in [2.75, 3.05) is 31.5 Å². The number of benzene rings is 1. The molecule has 2 fully saturated rings. The maximum atomic E-state index is 11.0. The van der Waals surface area contributed by atoms with Gasteiger partial charge in [0.05, 0.1) is 0 Å². The summed E-state index contributed by atoms with van der Waals surface area (Å²) in [7, 11) is 0. The first-order valence-corrected chi connectivity index (χ1v) is 9.69. The highest BCUT2D eigenvalue weighted by Gasteiger charge is 2.35. The van der Waals surface area contributed by atoms with Crippen molar-refractivity contribution in [1.29, 1.82) is 0 Å². The van der Waals surface area contributed by atoms with E-state index in [0.717, 1.165) is 24.1 Å². The molecule has 2 unspecified atom stereocenters. The third-order valence-electron chi connectivity index (χ3n) is 5.38. The zero-order chi connectivity index (χ0) is 20.5. The summed E-state index contributed by atoms with van der Waals surface area (Å²) in [6.45, 7) is 4.91. The quantitative estimate of drug-likeness (QED) is 0.412. The molecule has 0 aromatic heterocycles. The maximum absolute atomic E-state index is 11.0. The lowest BCUT2D eigenvalue weighted by Crippen LogP contribution is -2.23.